The van der Waals surface area contributed by atoms with E-state index in [9.17, 15) is 98.4 Å². The molecule has 0 fully saturated rings. The minimum absolute atomic E-state index is 0.182. The molecule has 0 saturated carbocycles. The number of carboxylic acids is 12. The lowest BCUT2D eigenvalue weighted by atomic mass is 9.78. The maximum atomic E-state index is 11.8. The van der Waals surface area contributed by atoms with Crippen LogP contribution in [0.2, 0.25) is 0 Å². The molecule has 0 amide bonds. The highest BCUT2D eigenvalue weighted by atomic mass is 16.4. The van der Waals surface area contributed by atoms with E-state index >= 15 is 0 Å². The Kier molecular flexibility index (Phi) is 87.0. The van der Waals surface area contributed by atoms with Gasteiger partial charge in [0.05, 0.1) is 0 Å². The highest BCUT2D eigenvalue weighted by molar-refractivity contribution is 6.00. The summed E-state index contributed by atoms with van der Waals surface area (Å²) in [5, 5.41) is 120. The molecular weight excluding hydrogens is 1600 g/mol. The zero-order valence-corrected chi connectivity index (χ0v) is 77.9. The van der Waals surface area contributed by atoms with E-state index in [1.807, 2.05) is 6.08 Å². The van der Waals surface area contributed by atoms with E-state index in [0.717, 1.165) is 308 Å². The third-order valence-electron chi connectivity index (χ3n) is 24.7. The quantitative estimate of drug-likeness (QED) is 0.0116. The summed E-state index contributed by atoms with van der Waals surface area (Å²) in [7, 11) is 0. The molecule has 13 N–H and O–H groups in total. The van der Waals surface area contributed by atoms with Crippen molar-refractivity contribution in [2.45, 2.75) is 508 Å². The summed E-state index contributed by atoms with van der Waals surface area (Å²) < 4.78 is 0. The molecule has 0 aliphatic rings. The van der Waals surface area contributed by atoms with Gasteiger partial charge >= 0.3 is 71.6 Å². The minimum Gasteiger partial charge on any atom is -0.481 e. The maximum Gasteiger partial charge on any atom is 0.321 e. The molecule has 25 heteroatoms. The molecule has 0 atom stereocenters. The van der Waals surface area contributed by atoms with Gasteiger partial charge in [-0.1, -0.05) is 379 Å². The van der Waals surface area contributed by atoms with Crippen LogP contribution in [-0.2, 0) is 57.5 Å². The average Bonchev–Trinajstić information content (AvgIpc) is 0.847. The maximum absolute atomic E-state index is 11.8. The molecule has 0 aliphatic carbocycles. The van der Waals surface area contributed by atoms with Crippen molar-refractivity contribution in [3.63, 3.8) is 0 Å². The number of hydrogen-bond acceptors (Lipinski definition) is 13. The predicted octanol–water partition coefficient (Wildman–Crippen LogP) is 26.2. The normalized spacial score (nSPS) is 11.4. The van der Waals surface area contributed by atoms with Gasteiger partial charge in [0, 0.05) is 38.7 Å². The summed E-state index contributed by atoms with van der Waals surface area (Å²) in [5.41, 5.74) is -6.62. The molecule has 0 aromatic rings. The Morgan fingerprint density at radius 3 is 0.512 bits per heavy atom. The first kappa shape index (κ1) is 124. The van der Waals surface area contributed by atoms with E-state index in [0.29, 0.717) is 77.0 Å². The molecule has 0 bridgehead atoms. The van der Waals surface area contributed by atoms with Crippen molar-refractivity contribution in [1.29, 1.82) is 0 Å². The van der Waals surface area contributed by atoms with Crippen LogP contribution in [0.25, 0.3) is 0 Å². The van der Waals surface area contributed by atoms with Crippen LogP contribution >= 0.6 is 0 Å². The van der Waals surface area contributed by atoms with Crippen molar-refractivity contribution in [3.05, 3.63) is 12.7 Å². The Labute approximate surface area is 752 Å². The fourth-order valence-corrected chi connectivity index (χ4v) is 16.3. The van der Waals surface area contributed by atoms with Gasteiger partial charge in [-0.15, -0.1) is 18.9 Å². The molecule has 0 aromatic heterocycles. The molecule has 0 aromatic carbocycles. The van der Waals surface area contributed by atoms with E-state index < -0.39 is 93.3 Å². The van der Waals surface area contributed by atoms with Crippen LogP contribution in [0.3, 0.4) is 0 Å². The molecule has 728 valence electrons. The van der Waals surface area contributed by atoms with Crippen LogP contribution in [0.5, 0.6) is 0 Å². The Morgan fingerprint density at radius 2 is 0.368 bits per heavy atom. The van der Waals surface area contributed by atoms with Crippen molar-refractivity contribution in [1.82, 2.24) is 0 Å². The third-order valence-corrected chi connectivity index (χ3v) is 24.7. The van der Waals surface area contributed by atoms with Gasteiger partial charge in [0.25, 0.3) is 0 Å². The number of allylic oxidation sites excluding steroid dienone is 1. The first-order valence-electron chi connectivity index (χ1n) is 49.4. The fourth-order valence-electron chi connectivity index (χ4n) is 16.3. The second kappa shape index (κ2) is 87.6. The number of hydrogen-bond donors (Lipinski definition) is 13. The largest absolute Gasteiger partial charge is 0.481 e. The van der Waals surface area contributed by atoms with E-state index in [4.69, 9.17) is 32.0 Å². The molecule has 0 aliphatic heterocycles. The lowest BCUT2D eigenvalue weighted by Crippen LogP contribution is -2.39. The number of carboxylic acid groups (broad SMARTS) is 12. The summed E-state index contributed by atoms with van der Waals surface area (Å²) in [6.07, 6.45) is 72.8. The van der Waals surface area contributed by atoms with E-state index in [1.165, 1.54) is 38.5 Å². The first-order valence-corrected chi connectivity index (χ1v) is 49.4. The van der Waals surface area contributed by atoms with Crippen LogP contribution in [0.15, 0.2) is 12.7 Å². The van der Waals surface area contributed by atoms with Crippen molar-refractivity contribution in [2.75, 3.05) is 6.61 Å². The van der Waals surface area contributed by atoms with Crippen LogP contribution < -0.4 is 0 Å². The Bertz CT molecular complexity index is 2740. The number of aliphatic hydroxyl groups is 1. The summed E-state index contributed by atoms with van der Waals surface area (Å²) in [4.78, 5) is 136. The van der Waals surface area contributed by atoms with Crippen LogP contribution in [0.1, 0.15) is 508 Å². The number of aliphatic carboxylic acids is 12. The van der Waals surface area contributed by atoms with Gasteiger partial charge in [-0.2, -0.15) is 0 Å². The molecular formula is C100H178O25. The van der Waals surface area contributed by atoms with Gasteiger partial charge in [0.1, 0.15) is 0 Å². The molecule has 25 nitrogen and oxygen atoms in total. The molecule has 0 unspecified atom stereocenters. The van der Waals surface area contributed by atoms with E-state index in [-0.39, 0.29) is 83.7 Å². The molecule has 0 spiro atoms. The van der Waals surface area contributed by atoms with Crippen LogP contribution in [-0.4, -0.2) is 145 Å². The van der Waals surface area contributed by atoms with Gasteiger partial charge in [0.15, 0.2) is 21.7 Å². The van der Waals surface area contributed by atoms with Gasteiger partial charge in [-0.3, -0.25) is 57.5 Å². The summed E-state index contributed by atoms with van der Waals surface area (Å²) in [5.74, 6) is -10.0. The highest BCUT2D eigenvalue weighted by Gasteiger charge is 2.48. The summed E-state index contributed by atoms with van der Waals surface area (Å²) >= 11 is 0. The number of carbonyl (C=O) groups is 12. The monoisotopic (exact) mass is 1780 g/mol. The summed E-state index contributed by atoms with van der Waals surface area (Å²) in [6, 6.07) is 0. The van der Waals surface area contributed by atoms with Crippen molar-refractivity contribution in [2.24, 2.45) is 21.7 Å². The topological polar surface area (TPSA) is 468 Å². The molecule has 0 radical (unpaired) electrons. The second-order valence-electron chi connectivity index (χ2n) is 35.4. The fraction of sp³-hybridized carbons (Fsp3) is 0.840. The molecule has 0 saturated heterocycles. The zero-order chi connectivity index (χ0) is 94.2. The van der Waals surface area contributed by atoms with E-state index in [2.05, 4.69) is 19.4 Å². The van der Waals surface area contributed by atoms with Crippen molar-refractivity contribution >= 4 is 71.6 Å². The standard InChI is InChI=1S/C25H46O7.C25H46O6.C25H44O6.C25H42O6/c26-21-17-13-9-5-1-3-7-11-15-19-25(23(29)30,24(31)32)20-16-12-8-4-2-6-10-14-18-22(27)28;3*1-2-3-4-5-6-8-11-14-17-20-25(23(28)29,24(30)31)21-18-15-12-9-7-10-13-16-19-22(26)27/h26H,1-21H2,(H,27,28)(H,29,30)(H,31,32);2-21H2,1H3,(H,26,27)(H,28,29)(H,30,31);2H,1,3-21H2,(H,26,27)(H,28,29)(H,30,31);1H,3-21H2,(H,26,27)(H,28,29)(H,30,31). The van der Waals surface area contributed by atoms with Crippen molar-refractivity contribution < 1.29 is 124 Å². The Balaban J connectivity index is -0.000000781. The van der Waals surface area contributed by atoms with Gasteiger partial charge in [-0.25, -0.2) is 0 Å². The highest BCUT2D eigenvalue weighted by Crippen LogP contribution is 2.38. The first-order chi connectivity index (χ1) is 60.0. The number of terminal acetylenes is 1. The molecule has 0 rings (SSSR count). The van der Waals surface area contributed by atoms with Crippen molar-refractivity contribution in [3.8, 4) is 12.3 Å². The second-order valence-corrected chi connectivity index (χ2v) is 35.4. The Hall–Kier alpha value is -7.10. The third kappa shape index (κ3) is 72.5. The van der Waals surface area contributed by atoms with Gasteiger partial charge < -0.3 is 66.4 Å². The van der Waals surface area contributed by atoms with Crippen LogP contribution in [0, 0.1) is 34.0 Å². The smallest absolute Gasteiger partial charge is 0.321 e. The Morgan fingerprint density at radius 1 is 0.224 bits per heavy atom. The summed E-state index contributed by atoms with van der Waals surface area (Å²) in [6.45, 7) is 6.17. The zero-order valence-electron chi connectivity index (χ0n) is 77.9. The number of rotatable bonds is 92. The van der Waals surface area contributed by atoms with E-state index in [1.54, 1.807) is 0 Å². The SMILES string of the molecule is C#CCCCCCCCCCC(CCCCCCCCCCC(=O)O)(C(=O)O)C(=O)O.C=CCCCCCCCCCC(CCCCCCCCCCC(=O)O)(C(=O)O)C(=O)O.CCCCCCCCCCCC(CCCCCCCCCCC(=O)O)(C(=O)O)C(=O)O.O=C(O)CCCCCCCCCCC(CCCCCCCCCCCO)(C(=O)O)C(=O)O. The average molecular weight is 1780 g/mol. The predicted molar refractivity (Wildman–Crippen MR) is 493 cm³/mol. The van der Waals surface area contributed by atoms with Crippen LogP contribution in [0.4, 0.5) is 0 Å². The lowest BCUT2D eigenvalue weighted by Gasteiger charge is -2.25. The molecule has 0 heterocycles. The van der Waals surface area contributed by atoms with Gasteiger partial charge in [-0.05, 0) is 103 Å². The number of unbranched alkanes of at least 4 members (excludes halogenated alkanes) is 58. The lowest BCUT2D eigenvalue weighted by molar-refractivity contribution is -0.168. The minimum atomic E-state index is -1.67. The number of aliphatic hydroxyl groups excluding tert-OH is 1. The molecule has 125 heavy (non-hydrogen) atoms. The van der Waals surface area contributed by atoms with Gasteiger partial charge in [0.2, 0.25) is 0 Å².